The minimum atomic E-state index is -3.34. The van der Waals surface area contributed by atoms with E-state index < -0.39 is 21.7 Å². The highest BCUT2D eigenvalue weighted by atomic mass is 35.5. The molecule has 0 aliphatic rings. The van der Waals surface area contributed by atoms with Crippen LogP contribution in [-0.4, -0.2) is 33.6 Å². The zero-order valence-electron chi connectivity index (χ0n) is 14.5. The Morgan fingerprint density at radius 1 is 1.07 bits per heavy atom. The van der Waals surface area contributed by atoms with Gasteiger partial charge >= 0.3 is 0 Å². The van der Waals surface area contributed by atoms with Crippen molar-refractivity contribution in [3.8, 4) is 5.75 Å². The molecule has 0 aliphatic heterocycles. The van der Waals surface area contributed by atoms with Gasteiger partial charge in [0, 0.05) is 28.5 Å². The number of carbonyl (C=O) groups excluding carboxylic acids is 2. The van der Waals surface area contributed by atoms with Gasteiger partial charge in [-0.3, -0.25) is 20.4 Å². The third-order valence-corrected chi connectivity index (χ3v) is 4.81. The van der Waals surface area contributed by atoms with Crippen LogP contribution in [0, 0.1) is 0 Å². The number of halogens is 1. The summed E-state index contributed by atoms with van der Waals surface area (Å²) in [6, 6.07) is 10.3. The van der Waals surface area contributed by atoms with Crippen LogP contribution >= 0.6 is 11.6 Å². The van der Waals surface area contributed by atoms with Crippen molar-refractivity contribution in [2.24, 2.45) is 0 Å². The second kappa shape index (κ2) is 8.70. The van der Waals surface area contributed by atoms with Crippen LogP contribution in [0.15, 0.2) is 53.4 Å². The topological polar surface area (TPSA) is 102 Å². The quantitative estimate of drug-likeness (QED) is 0.583. The SMILES string of the molecule is COc1ccc(Cl)cc1C=CC(=O)NNC(=O)c1ccc(S(C)(=O)=O)cc1. The Balaban J connectivity index is 1.97. The third kappa shape index (κ3) is 5.83. The Labute approximate surface area is 161 Å². The van der Waals surface area contributed by atoms with Gasteiger partial charge < -0.3 is 4.74 Å². The zero-order chi connectivity index (χ0) is 20.0. The van der Waals surface area contributed by atoms with Gasteiger partial charge in [-0.25, -0.2) is 8.42 Å². The number of carbonyl (C=O) groups is 2. The van der Waals surface area contributed by atoms with E-state index in [-0.39, 0.29) is 10.5 Å². The molecule has 9 heteroatoms. The van der Waals surface area contributed by atoms with Crippen molar-refractivity contribution in [2.75, 3.05) is 13.4 Å². The molecule has 0 saturated heterocycles. The molecule has 27 heavy (non-hydrogen) atoms. The summed E-state index contributed by atoms with van der Waals surface area (Å²) in [5.74, 6) is -0.617. The lowest BCUT2D eigenvalue weighted by Gasteiger charge is -2.07. The number of hydrazine groups is 1. The van der Waals surface area contributed by atoms with E-state index in [2.05, 4.69) is 10.9 Å². The van der Waals surface area contributed by atoms with Crippen molar-refractivity contribution in [1.29, 1.82) is 0 Å². The lowest BCUT2D eigenvalue weighted by atomic mass is 10.2. The summed E-state index contributed by atoms with van der Waals surface area (Å²) >= 11 is 5.91. The van der Waals surface area contributed by atoms with E-state index in [1.807, 2.05) is 0 Å². The first-order valence-corrected chi connectivity index (χ1v) is 9.89. The highest BCUT2D eigenvalue weighted by Gasteiger charge is 2.10. The Morgan fingerprint density at radius 3 is 2.33 bits per heavy atom. The summed E-state index contributed by atoms with van der Waals surface area (Å²) < 4.78 is 28.0. The summed E-state index contributed by atoms with van der Waals surface area (Å²) in [4.78, 5) is 23.9. The maximum atomic E-state index is 12.0. The summed E-state index contributed by atoms with van der Waals surface area (Å²) in [7, 11) is -1.85. The smallest absolute Gasteiger partial charge is 0.269 e. The number of benzene rings is 2. The average molecular weight is 409 g/mol. The highest BCUT2D eigenvalue weighted by molar-refractivity contribution is 7.90. The minimum absolute atomic E-state index is 0.0986. The van der Waals surface area contributed by atoms with Crippen LogP contribution in [0.2, 0.25) is 5.02 Å². The van der Waals surface area contributed by atoms with E-state index in [1.165, 1.54) is 43.5 Å². The molecular formula is C18H17ClN2O5S. The first-order chi connectivity index (χ1) is 12.7. The van der Waals surface area contributed by atoms with E-state index in [1.54, 1.807) is 18.2 Å². The maximum Gasteiger partial charge on any atom is 0.269 e. The number of ether oxygens (including phenoxy) is 1. The molecule has 2 rings (SSSR count). The molecule has 0 saturated carbocycles. The number of amides is 2. The molecule has 0 fully saturated rings. The molecular weight excluding hydrogens is 392 g/mol. The molecule has 142 valence electrons. The van der Waals surface area contributed by atoms with Crippen LogP contribution in [0.1, 0.15) is 15.9 Å². The molecule has 2 amide bonds. The van der Waals surface area contributed by atoms with E-state index in [0.29, 0.717) is 16.3 Å². The molecule has 0 bridgehead atoms. The lowest BCUT2D eigenvalue weighted by molar-refractivity contribution is -0.117. The van der Waals surface area contributed by atoms with Gasteiger partial charge in [0.15, 0.2) is 9.84 Å². The number of nitrogens with one attached hydrogen (secondary N) is 2. The van der Waals surface area contributed by atoms with Crippen LogP contribution < -0.4 is 15.6 Å². The van der Waals surface area contributed by atoms with Gasteiger partial charge in [0.05, 0.1) is 12.0 Å². The van der Waals surface area contributed by atoms with Crippen molar-refractivity contribution in [3.05, 3.63) is 64.7 Å². The van der Waals surface area contributed by atoms with Gasteiger partial charge in [0.25, 0.3) is 11.8 Å². The first kappa shape index (κ1) is 20.5. The van der Waals surface area contributed by atoms with Crippen molar-refractivity contribution in [1.82, 2.24) is 10.9 Å². The number of methoxy groups -OCH3 is 1. The number of rotatable bonds is 5. The number of hydrogen-bond donors (Lipinski definition) is 2. The Bertz CT molecular complexity index is 985. The molecule has 0 atom stereocenters. The molecule has 2 N–H and O–H groups in total. The highest BCUT2D eigenvalue weighted by Crippen LogP contribution is 2.23. The van der Waals surface area contributed by atoms with Crippen molar-refractivity contribution < 1.29 is 22.7 Å². The van der Waals surface area contributed by atoms with Crippen LogP contribution in [0.5, 0.6) is 5.75 Å². The maximum absolute atomic E-state index is 12.0. The summed E-state index contributed by atoms with van der Waals surface area (Å²) in [6.07, 6.45) is 3.78. The largest absolute Gasteiger partial charge is 0.496 e. The van der Waals surface area contributed by atoms with E-state index >= 15 is 0 Å². The second-order valence-electron chi connectivity index (χ2n) is 5.46. The van der Waals surface area contributed by atoms with Gasteiger partial charge in [-0.1, -0.05) is 11.6 Å². The molecule has 2 aromatic carbocycles. The van der Waals surface area contributed by atoms with Crippen LogP contribution in [0.25, 0.3) is 6.08 Å². The summed E-state index contributed by atoms with van der Waals surface area (Å²) in [5.41, 5.74) is 5.26. The van der Waals surface area contributed by atoms with Gasteiger partial charge in [0.2, 0.25) is 0 Å². The molecule has 0 aliphatic carbocycles. The Hall–Kier alpha value is -2.84. The molecule has 0 radical (unpaired) electrons. The average Bonchev–Trinajstić information content (AvgIpc) is 2.64. The third-order valence-electron chi connectivity index (χ3n) is 3.45. The van der Waals surface area contributed by atoms with Crippen LogP contribution in [0.4, 0.5) is 0 Å². The zero-order valence-corrected chi connectivity index (χ0v) is 16.1. The standard InChI is InChI=1S/C18H17ClN2O5S/c1-26-16-9-6-14(19)11-13(16)5-10-17(22)20-21-18(23)12-3-7-15(8-4-12)27(2,24)25/h3-11H,1-2H3,(H,20,22)(H,21,23). The number of hydrogen-bond acceptors (Lipinski definition) is 5. The predicted molar refractivity (Wildman–Crippen MR) is 102 cm³/mol. The molecule has 7 nitrogen and oxygen atoms in total. The Kier molecular flexibility index (Phi) is 6.59. The number of sulfone groups is 1. The monoisotopic (exact) mass is 408 g/mol. The van der Waals surface area contributed by atoms with Crippen molar-refractivity contribution >= 4 is 39.3 Å². The molecule has 0 heterocycles. The van der Waals surface area contributed by atoms with Crippen molar-refractivity contribution in [3.63, 3.8) is 0 Å². The van der Waals surface area contributed by atoms with Gasteiger partial charge in [0.1, 0.15) is 5.75 Å². The van der Waals surface area contributed by atoms with Gasteiger partial charge in [-0.05, 0) is 48.5 Å². The molecule has 2 aromatic rings. The molecule has 0 aromatic heterocycles. The lowest BCUT2D eigenvalue weighted by Crippen LogP contribution is -2.40. The van der Waals surface area contributed by atoms with E-state index in [0.717, 1.165) is 6.26 Å². The fourth-order valence-corrected chi connectivity index (χ4v) is 2.90. The Morgan fingerprint density at radius 2 is 1.74 bits per heavy atom. The normalized spacial score (nSPS) is 11.2. The van der Waals surface area contributed by atoms with Crippen LogP contribution in [0.3, 0.4) is 0 Å². The summed E-state index contributed by atoms with van der Waals surface area (Å²) in [5, 5.41) is 0.488. The molecule has 0 unspecified atom stereocenters. The van der Waals surface area contributed by atoms with Gasteiger partial charge in [-0.15, -0.1) is 0 Å². The second-order valence-corrected chi connectivity index (χ2v) is 7.91. The van der Waals surface area contributed by atoms with E-state index in [4.69, 9.17) is 16.3 Å². The predicted octanol–water partition coefficient (Wildman–Crippen LogP) is 2.23. The van der Waals surface area contributed by atoms with E-state index in [9.17, 15) is 18.0 Å². The fourth-order valence-electron chi connectivity index (χ4n) is 2.09. The molecule has 0 spiro atoms. The van der Waals surface area contributed by atoms with Gasteiger partial charge in [-0.2, -0.15) is 0 Å². The van der Waals surface area contributed by atoms with Crippen molar-refractivity contribution in [2.45, 2.75) is 4.90 Å². The fraction of sp³-hybridized carbons (Fsp3) is 0.111. The van der Waals surface area contributed by atoms with Crippen LogP contribution in [-0.2, 0) is 14.6 Å². The summed E-state index contributed by atoms with van der Waals surface area (Å²) in [6.45, 7) is 0. The first-order valence-electron chi connectivity index (χ1n) is 7.63. The minimum Gasteiger partial charge on any atom is -0.496 e.